The van der Waals surface area contributed by atoms with E-state index in [0.717, 1.165) is 0 Å². The average Bonchev–Trinajstić information content (AvgIpc) is 2.65. The van der Waals surface area contributed by atoms with Gasteiger partial charge in [-0.1, -0.05) is 0 Å². The molecule has 0 bridgehead atoms. The van der Waals surface area contributed by atoms with E-state index < -0.39 is 17.7 Å². The third-order valence-corrected chi connectivity index (χ3v) is 2.39. The predicted octanol–water partition coefficient (Wildman–Crippen LogP) is 1.09. The fourth-order valence-corrected chi connectivity index (χ4v) is 1.49. The van der Waals surface area contributed by atoms with Gasteiger partial charge in [0.15, 0.2) is 0 Å². The number of rotatable bonds is 5. The van der Waals surface area contributed by atoms with Gasteiger partial charge >= 0.3 is 17.7 Å². The number of hydrogen-bond donors (Lipinski definition) is 0. The van der Waals surface area contributed by atoms with Crippen LogP contribution in [0.25, 0.3) is 0 Å². The molecule has 18 heavy (non-hydrogen) atoms. The van der Waals surface area contributed by atoms with Crippen molar-refractivity contribution in [2.75, 3.05) is 6.61 Å². The van der Waals surface area contributed by atoms with Crippen molar-refractivity contribution in [3.8, 4) is 0 Å². The Hall–Kier alpha value is -1.85. The molecule has 6 nitrogen and oxygen atoms in total. The minimum absolute atomic E-state index is 0.0494. The number of carbonyl (C=O) groups is 3. The van der Waals surface area contributed by atoms with Gasteiger partial charge in [-0.05, 0) is 26.8 Å². The number of Topliss-reactive ketones (excluding diaryl/α,β-unsaturated/α-hetero) is 1. The Bertz CT molecular complexity index is 397. The molecule has 0 N–H and O–H groups in total. The third-order valence-electron chi connectivity index (χ3n) is 2.39. The van der Waals surface area contributed by atoms with Crippen molar-refractivity contribution in [3.05, 3.63) is 11.8 Å². The van der Waals surface area contributed by atoms with Crippen molar-refractivity contribution < 1.29 is 28.6 Å². The lowest BCUT2D eigenvalue weighted by molar-refractivity contribution is -0.207. The van der Waals surface area contributed by atoms with E-state index in [-0.39, 0.29) is 31.0 Å². The van der Waals surface area contributed by atoms with E-state index in [4.69, 9.17) is 14.2 Å². The summed E-state index contributed by atoms with van der Waals surface area (Å²) in [5, 5.41) is 0. The van der Waals surface area contributed by atoms with E-state index in [1.54, 1.807) is 13.8 Å². The first-order valence-corrected chi connectivity index (χ1v) is 5.70. The van der Waals surface area contributed by atoms with Crippen LogP contribution in [0, 0.1) is 0 Å². The van der Waals surface area contributed by atoms with E-state index in [9.17, 15) is 14.4 Å². The molecule has 100 valence electrons. The van der Waals surface area contributed by atoms with Crippen LogP contribution >= 0.6 is 0 Å². The van der Waals surface area contributed by atoms with E-state index in [1.165, 1.54) is 13.0 Å². The molecule has 0 spiro atoms. The highest BCUT2D eigenvalue weighted by atomic mass is 16.8. The third kappa shape index (κ3) is 2.88. The molecule has 1 heterocycles. The molecular weight excluding hydrogens is 240 g/mol. The highest BCUT2D eigenvalue weighted by molar-refractivity contribution is 5.93. The van der Waals surface area contributed by atoms with Crippen LogP contribution < -0.4 is 0 Å². The molecule has 1 aliphatic heterocycles. The molecule has 1 aliphatic rings. The van der Waals surface area contributed by atoms with E-state index >= 15 is 0 Å². The summed E-state index contributed by atoms with van der Waals surface area (Å²) in [4.78, 5) is 34.3. The molecule has 1 rings (SSSR count). The lowest BCUT2D eigenvalue weighted by Gasteiger charge is -2.23. The molecule has 0 aromatic rings. The van der Waals surface area contributed by atoms with Gasteiger partial charge < -0.3 is 19.0 Å². The molecule has 1 saturated heterocycles. The van der Waals surface area contributed by atoms with Gasteiger partial charge in [0, 0.05) is 12.8 Å². The van der Waals surface area contributed by atoms with Crippen LogP contribution in [0.5, 0.6) is 0 Å². The molecule has 1 unspecified atom stereocenters. The molecule has 1 fully saturated rings. The number of allylic oxidation sites excluding steroid dienone is 1. The van der Waals surface area contributed by atoms with Gasteiger partial charge in [-0.25, -0.2) is 9.59 Å². The first-order chi connectivity index (χ1) is 8.45. The van der Waals surface area contributed by atoms with Gasteiger partial charge in [-0.3, -0.25) is 0 Å². The maximum atomic E-state index is 11.8. The minimum atomic E-state index is -1.82. The lowest BCUT2D eigenvalue weighted by atomic mass is 10.1. The second-order valence-electron chi connectivity index (χ2n) is 3.82. The normalized spacial score (nSPS) is 24.6. The molecule has 0 aromatic carbocycles. The van der Waals surface area contributed by atoms with Crippen LogP contribution in [0.2, 0.25) is 0 Å². The predicted molar refractivity (Wildman–Crippen MR) is 60.2 cm³/mol. The van der Waals surface area contributed by atoms with Gasteiger partial charge in [0.2, 0.25) is 5.76 Å². The Balaban J connectivity index is 2.93. The number of carbonyl (C=O) groups excluding carboxylic acids is 3. The van der Waals surface area contributed by atoms with Crippen LogP contribution in [0.4, 0.5) is 0 Å². The number of cyclic esters (lactones) is 1. The van der Waals surface area contributed by atoms with Crippen molar-refractivity contribution in [3.63, 3.8) is 0 Å². The summed E-state index contributed by atoms with van der Waals surface area (Å²) in [5.41, 5.74) is 0. The molecule has 0 saturated carbocycles. The summed E-state index contributed by atoms with van der Waals surface area (Å²) in [6.45, 7) is 4.73. The Kier molecular flexibility index (Phi) is 4.47. The molecule has 0 radical (unpaired) electrons. The Morgan fingerprint density at radius 1 is 1.39 bits per heavy atom. The Morgan fingerprint density at radius 3 is 2.50 bits per heavy atom. The first kappa shape index (κ1) is 14.2. The van der Waals surface area contributed by atoms with Crippen molar-refractivity contribution in [2.45, 2.75) is 39.4 Å². The average molecular weight is 256 g/mol. The maximum Gasteiger partial charge on any atom is 0.392 e. The Labute approximate surface area is 105 Å². The van der Waals surface area contributed by atoms with Crippen molar-refractivity contribution >= 4 is 17.7 Å². The largest absolute Gasteiger partial charge is 0.460 e. The summed E-state index contributed by atoms with van der Waals surface area (Å²) in [7, 11) is 0. The van der Waals surface area contributed by atoms with Crippen molar-refractivity contribution in [2.24, 2.45) is 0 Å². The summed E-state index contributed by atoms with van der Waals surface area (Å²) in [5.74, 6) is -3.52. The summed E-state index contributed by atoms with van der Waals surface area (Å²) < 4.78 is 15.0. The van der Waals surface area contributed by atoms with E-state index in [2.05, 4.69) is 0 Å². The smallest absolute Gasteiger partial charge is 0.392 e. The fourth-order valence-electron chi connectivity index (χ4n) is 1.49. The second kappa shape index (κ2) is 5.66. The highest BCUT2D eigenvalue weighted by Crippen LogP contribution is 2.33. The van der Waals surface area contributed by atoms with Crippen LogP contribution in [0.1, 0.15) is 33.6 Å². The van der Waals surface area contributed by atoms with Gasteiger partial charge in [0.25, 0.3) is 0 Å². The molecule has 0 aromatic heterocycles. The zero-order valence-corrected chi connectivity index (χ0v) is 10.6. The summed E-state index contributed by atoms with van der Waals surface area (Å²) in [6, 6.07) is 0. The maximum absolute atomic E-state index is 11.8. The number of ketones is 1. The molecule has 0 amide bonds. The summed E-state index contributed by atoms with van der Waals surface area (Å²) >= 11 is 0. The van der Waals surface area contributed by atoms with Crippen LogP contribution in [-0.4, -0.2) is 30.1 Å². The number of ether oxygens (including phenoxy) is 3. The highest BCUT2D eigenvalue weighted by Gasteiger charge is 2.53. The summed E-state index contributed by atoms with van der Waals surface area (Å²) in [6.07, 6.45) is 1.41. The zero-order chi connectivity index (χ0) is 13.8. The minimum Gasteiger partial charge on any atom is -0.460 e. The van der Waals surface area contributed by atoms with Crippen molar-refractivity contribution in [1.29, 1.82) is 0 Å². The van der Waals surface area contributed by atoms with Gasteiger partial charge in [0.05, 0.1) is 6.61 Å². The van der Waals surface area contributed by atoms with Crippen LogP contribution in [0.15, 0.2) is 11.8 Å². The number of esters is 2. The zero-order valence-electron chi connectivity index (χ0n) is 10.6. The fraction of sp³-hybridized carbons (Fsp3) is 0.583. The molecular formula is C12H16O6. The van der Waals surface area contributed by atoms with E-state index in [0.29, 0.717) is 0 Å². The van der Waals surface area contributed by atoms with Gasteiger partial charge in [0.1, 0.15) is 5.78 Å². The van der Waals surface area contributed by atoms with Gasteiger partial charge in [-0.2, -0.15) is 0 Å². The van der Waals surface area contributed by atoms with Crippen molar-refractivity contribution in [1.82, 2.24) is 0 Å². The first-order valence-electron chi connectivity index (χ1n) is 5.70. The molecule has 6 heteroatoms. The Morgan fingerprint density at radius 2 is 2.06 bits per heavy atom. The van der Waals surface area contributed by atoms with E-state index in [1.807, 2.05) is 0 Å². The lowest BCUT2D eigenvalue weighted by Crippen LogP contribution is -2.42. The second-order valence-corrected chi connectivity index (χ2v) is 3.82. The quantitative estimate of drug-likeness (QED) is 0.541. The van der Waals surface area contributed by atoms with Crippen LogP contribution in [0.3, 0.4) is 0 Å². The molecule has 0 aliphatic carbocycles. The molecule has 1 atom stereocenters. The topological polar surface area (TPSA) is 78.9 Å². The standard InChI is InChI=1S/C12H16O6/c1-4-9-10(14)18-12(17-9,7-6-8(3)13)11(15)16-5-2/h4H,5-7H2,1-3H3/b9-4-. The van der Waals surface area contributed by atoms with Crippen LogP contribution in [-0.2, 0) is 28.6 Å². The van der Waals surface area contributed by atoms with Gasteiger partial charge in [-0.15, -0.1) is 0 Å². The number of hydrogen-bond acceptors (Lipinski definition) is 6. The SMILES string of the molecule is C/C=C1\OC(CCC(C)=O)(C(=O)OCC)OC1=O. The monoisotopic (exact) mass is 256 g/mol.